The molecule has 1 N–H and O–H groups in total. The van der Waals surface area contributed by atoms with Crippen LogP contribution in [0.4, 0.5) is 14.5 Å². The third-order valence-electron chi connectivity index (χ3n) is 2.24. The first-order chi connectivity index (χ1) is 7.93. The zero-order valence-corrected chi connectivity index (χ0v) is 10.8. The van der Waals surface area contributed by atoms with Crippen LogP contribution in [0, 0.1) is 11.6 Å². The van der Waals surface area contributed by atoms with E-state index in [1.807, 2.05) is 0 Å². The predicted molar refractivity (Wildman–Crippen MR) is 67.1 cm³/mol. The van der Waals surface area contributed by atoms with Crippen molar-refractivity contribution >= 4 is 17.3 Å². The van der Waals surface area contributed by atoms with Crippen molar-refractivity contribution in [1.82, 2.24) is 4.90 Å². The maximum absolute atomic E-state index is 13.3. The van der Waals surface area contributed by atoms with Crippen molar-refractivity contribution in [1.29, 1.82) is 0 Å². The van der Waals surface area contributed by atoms with Gasteiger partial charge in [0.05, 0.1) is 0 Å². The standard InChI is InChI=1S/C12H15ClF2N2/c1-8(12(13)17(2)3)7-16-11-9(14)5-4-6-10(11)15/h4-6,16H,7H2,1-3H3/b12-8+. The van der Waals surface area contributed by atoms with Gasteiger partial charge in [0.2, 0.25) is 0 Å². The van der Waals surface area contributed by atoms with Gasteiger partial charge in [-0.25, -0.2) is 8.78 Å². The Hall–Kier alpha value is -1.29. The van der Waals surface area contributed by atoms with Crippen molar-refractivity contribution in [3.05, 3.63) is 40.6 Å². The largest absolute Gasteiger partial charge is 0.376 e. The smallest absolute Gasteiger partial charge is 0.149 e. The second kappa shape index (κ2) is 5.87. The minimum Gasteiger partial charge on any atom is -0.376 e. The van der Waals surface area contributed by atoms with E-state index in [-0.39, 0.29) is 12.2 Å². The van der Waals surface area contributed by atoms with Gasteiger partial charge in [-0.15, -0.1) is 0 Å². The molecule has 1 aromatic rings. The number of hydrogen-bond donors (Lipinski definition) is 1. The molecular weight excluding hydrogens is 246 g/mol. The molecular formula is C12H15ClF2N2. The number of halogens is 3. The number of nitrogens with zero attached hydrogens (tertiary/aromatic N) is 1. The molecule has 1 rings (SSSR count). The number of para-hydroxylation sites is 1. The summed E-state index contributed by atoms with van der Waals surface area (Å²) >= 11 is 5.99. The number of rotatable bonds is 4. The van der Waals surface area contributed by atoms with E-state index in [2.05, 4.69) is 5.32 Å². The van der Waals surface area contributed by atoms with Crippen LogP contribution in [0.25, 0.3) is 0 Å². The normalized spacial score (nSPS) is 12.1. The lowest BCUT2D eigenvalue weighted by atomic mass is 10.2. The first kappa shape index (κ1) is 13.8. The molecule has 0 heterocycles. The van der Waals surface area contributed by atoms with Gasteiger partial charge in [0.1, 0.15) is 22.5 Å². The topological polar surface area (TPSA) is 15.3 Å². The quantitative estimate of drug-likeness (QED) is 0.835. The summed E-state index contributed by atoms with van der Waals surface area (Å²) in [7, 11) is 3.60. The molecule has 0 amide bonds. The summed E-state index contributed by atoms with van der Waals surface area (Å²) in [6.07, 6.45) is 0. The molecule has 5 heteroatoms. The molecule has 0 aliphatic rings. The lowest BCUT2D eigenvalue weighted by Gasteiger charge is -2.15. The van der Waals surface area contributed by atoms with Crippen LogP contribution in [0.15, 0.2) is 28.9 Å². The highest BCUT2D eigenvalue weighted by molar-refractivity contribution is 6.29. The van der Waals surface area contributed by atoms with Gasteiger partial charge in [-0.3, -0.25) is 0 Å². The molecule has 0 saturated heterocycles. The fourth-order valence-corrected chi connectivity index (χ4v) is 1.41. The maximum atomic E-state index is 13.3. The Labute approximate surface area is 105 Å². The van der Waals surface area contributed by atoms with Gasteiger partial charge in [-0.05, 0) is 24.6 Å². The Morgan fingerprint density at radius 3 is 2.29 bits per heavy atom. The second-order valence-electron chi connectivity index (χ2n) is 3.92. The fourth-order valence-electron chi connectivity index (χ4n) is 1.34. The average Bonchev–Trinajstić information content (AvgIpc) is 2.26. The molecule has 0 atom stereocenters. The summed E-state index contributed by atoms with van der Waals surface area (Å²) in [5.74, 6) is -1.22. The summed E-state index contributed by atoms with van der Waals surface area (Å²) in [5, 5.41) is 3.25. The SMILES string of the molecule is C/C(CNc1c(F)cccc1F)=C(/Cl)N(C)C. The summed E-state index contributed by atoms with van der Waals surface area (Å²) in [5.41, 5.74) is 0.675. The first-order valence-corrected chi connectivity index (χ1v) is 5.51. The van der Waals surface area contributed by atoms with E-state index in [4.69, 9.17) is 11.6 Å². The second-order valence-corrected chi connectivity index (χ2v) is 4.27. The van der Waals surface area contributed by atoms with Crippen molar-refractivity contribution in [3.63, 3.8) is 0 Å². The molecule has 94 valence electrons. The molecule has 2 nitrogen and oxygen atoms in total. The van der Waals surface area contributed by atoms with Gasteiger partial charge < -0.3 is 10.2 Å². The molecule has 0 aliphatic carbocycles. The summed E-state index contributed by atoms with van der Waals surface area (Å²) in [6.45, 7) is 2.09. The van der Waals surface area contributed by atoms with E-state index >= 15 is 0 Å². The average molecular weight is 261 g/mol. The Bertz CT molecular complexity index is 410. The molecule has 0 radical (unpaired) electrons. The molecule has 0 saturated carbocycles. The molecule has 1 aromatic carbocycles. The van der Waals surface area contributed by atoms with Crippen molar-refractivity contribution in [2.75, 3.05) is 26.0 Å². The van der Waals surface area contributed by atoms with Crippen molar-refractivity contribution in [3.8, 4) is 0 Å². The molecule has 0 aromatic heterocycles. The molecule has 0 aliphatic heterocycles. The van der Waals surface area contributed by atoms with Gasteiger partial charge in [-0.2, -0.15) is 0 Å². The highest BCUT2D eigenvalue weighted by Gasteiger charge is 2.08. The van der Waals surface area contributed by atoms with Crippen LogP contribution in [0.1, 0.15) is 6.92 Å². The third-order valence-corrected chi connectivity index (χ3v) is 2.90. The molecule has 0 spiro atoms. The Morgan fingerprint density at radius 2 is 1.82 bits per heavy atom. The zero-order valence-electron chi connectivity index (χ0n) is 10.0. The third kappa shape index (κ3) is 3.60. The molecule has 0 bridgehead atoms. The Morgan fingerprint density at radius 1 is 1.29 bits per heavy atom. The minimum atomic E-state index is -0.612. The van der Waals surface area contributed by atoms with Gasteiger partial charge in [0.15, 0.2) is 0 Å². The van der Waals surface area contributed by atoms with Crippen molar-refractivity contribution < 1.29 is 8.78 Å². The lowest BCUT2D eigenvalue weighted by Crippen LogP contribution is -2.13. The highest BCUT2D eigenvalue weighted by atomic mass is 35.5. The van der Waals surface area contributed by atoms with E-state index in [1.54, 1.807) is 25.9 Å². The van der Waals surface area contributed by atoms with E-state index in [1.165, 1.54) is 18.2 Å². The van der Waals surface area contributed by atoms with Gasteiger partial charge in [0.25, 0.3) is 0 Å². The first-order valence-electron chi connectivity index (χ1n) is 5.14. The Kier molecular flexibility index (Phi) is 4.75. The number of hydrogen-bond acceptors (Lipinski definition) is 2. The number of anilines is 1. The number of benzene rings is 1. The van der Waals surface area contributed by atoms with Crippen LogP contribution < -0.4 is 5.32 Å². The van der Waals surface area contributed by atoms with E-state index in [0.29, 0.717) is 5.16 Å². The van der Waals surface area contributed by atoms with E-state index < -0.39 is 11.6 Å². The van der Waals surface area contributed by atoms with Gasteiger partial charge in [-0.1, -0.05) is 17.7 Å². The summed E-state index contributed by atoms with van der Waals surface area (Å²) in [4.78, 5) is 1.73. The number of nitrogens with one attached hydrogen (secondary N) is 1. The highest BCUT2D eigenvalue weighted by Crippen LogP contribution is 2.19. The van der Waals surface area contributed by atoms with Gasteiger partial charge >= 0.3 is 0 Å². The molecule has 17 heavy (non-hydrogen) atoms. The lowest BCUT2D eigenvalue weighted by molar-refractivity contribution is 0.539. The summed E-state index contributed by atoms with van der Waals surface area (Å²) < 4.78 is 26.6. The molecule has 0 fully saturated rings. The fraction of sp³-hybridized carbons (Fsp3) is 0.333. The van der Waals surface area contributed by atoms with E-state index in [9.17, 15) is 8.78 Å². The van der Waals surface area contributed by atoms with E-state index in [0.717, 1.165) is 5.57 Å². The van der Waals surface area contributed by atoms with Crippen molar-refractivity contribution in [2.24, 2.45) is 0 Å². The monoisotopic (exact) mass is 260 g/mol. The van der Waals surface area contributed by atoms with Crippen molar-refractivity contribution in [2.45, 2.75) is 6.92 Å². The van der Waals surface area contributed by atoms with Crippen LogP contribution >= 0.6 is 11.6 Å². The predicted octanol–water partition coefficient (Wildman–Crippen LogP) is 3.41. The summed E-state index contributed by atoms with van der Waals surface area (Å²) in [6, 6.07) is 3.74. The Balaban J connectivity index is 2.78. The maximum Gasteiger partial charge on any atom is 0.149 e. The minimum absolute atomic E-state index is 0.130. The van der Waals surface area contributed by atoms with Gasteiger partial charge in [0, 0.05) is 20.6 Å². The van der Waals surface area contributed by atoms with Crippen LogP contribution in [0.2, 0.25) is 0 Å². The zero-order chi connectivity index (χ0) is 13.0. The molecule has 0 unspecified atom stereocenters. The van der Waals surface area contributed by atoms with Crippen LogP contribution in [-0.4, -0.2) is 25.5 Å². The van der Waals surface area contributed by atoms with Crippen LogP contribution in [-0.2, 0) is 0 Å². The van der Waals surface area contributed by atoms with Crippen LogP contribution in [0.5, 0.6) is 0 Å². The van der Waals surface area contributed by atoms with Crippen LogP contribution in [0.3, 0.4) is 0 Å².